The largest absolute Gasteiger partial charge is 0.483 e. The third-order valence-electron chi connectivity index (χ3n) is 6.32. The summed E-state index contributed by atoms with van der Waals surface area (Å²) in [7, 11) is 1.85. The Morgan fingerprint density at radius 3 is 2.97 bits per heavy atom. The van der Waals surface area contributed by atoms with Crippen LogP contribution in [0, 0.1) is 24.2 Å². The van der Waals surface area contributed by atoms with E-state index in [1.54, 1.807) is 17.4 Å². The van der Waals surface area contributed by atoms with Crippen LogP contribution in [0.1, 0.15) is 60.2 Å². The molecular weight excluding hydrogens is 502 g/mol. The molecule has 1 N–H and O–H groups in total. The number of hydrogen-bond donors (Lipinski definition) is 1. The Hall–Kier alpha value is -2.54. The Kier molecular flexibility index (Phi) is 8.05. The zero-order chi connectivity index (χ0) is 25.1. The van der Waals surface area contributed by atoms with Gasteiger partial charge in [0.1, 0.15) is 16.8 Å². The Bertz CT molecular complexity index is 1280. The number of thiophene rings is 1. The summed E-state index contributed by atoms with van der Waals surface area (Å²) in [6.07, 6.45) is 3.81. The molecule has 2 atom stereocenters. The lowest BCUT2D eigenvalue weighted by molar-refractivity contribution is -0.113. The van der Waals surface area contributed by atoms with Gasteiger partial charge in [0.2, 0.25) is 5.91 Å². The van der Waals surface area contributed by atoms with Gasteiger partial charge in [-0.15, -0.1) is 21.5 Å². The van der Waals surface area contributed by atoms with E-state index in [1.165, 1.54) is 16.6 Å². The number of thioether (sulfide) groups is 1. The van der Waals surface area contributed by atoms with Crippen molar-refractivity contribution in [3.8, 4) is 11.8 Å². The van der Waals surface area contributed by atoms with E-state index in [-0.39, 0.29) is 17.8 Å². The minimum Gasteiger partial charge on any atom is -0.483 e. The number of hydrogen-bond acceptors (Lipinski definition) is 7. The minimum absolute atomic E-state index is 0.164. The first kappa shape index (κ1) is 25.5. The second-order valence-electron chi connectivity index (χ2n) is 8.74. The van der Waals surface area contributed by atoms with E-state index in [4.69, 9.17) is 16.3 Å². The molecule has 1 aromatic carbocycles. The van der Waals surface area contributed by atoms with Gasteiger partial charge in [-0.25, -0.2) is 0 Å². The quantitative estimate of drug-likeness (QED) is 0.354. The number of carbonyl (C=O) groups is 1. The van der Waals surface area contributed by atoms with Crippen molar-refractivity contribution in [1.29, 1.82) is 5.26 Å². The molecule has 0 aliphatic heterocycles. The molecular formula is C25H28ClN5O2S2. The van der Waals surface area contributed by atoms with Crippen molar-refractivity contribution in [3.63, 3.8) is 0 Å². The molecule has 35 heavy (non-hydrogen) atoms. The molecule has 3 aromatic rings. The van der Waals surface area contributed by atoms with E-state index < -0.39 is 0 Å². The number of nitrogens with one attached hydrogen (secondary N) is 1. The average Bonchev–Trinajstić information content (AvgIpc) is 3.38. The van der Waals surface area contributed by atoms with Crippen molar-refractivity contribution < 1.29 is 9.53 Å². The van der Waals surface area contributed by atoms with Crippen molar-refractivity contribution in [1.82, 2.24) is 14.8 Å². The molecule has 0 saturated heterocycles. The van der Waals surface area contributed by atoms with Gasteiger partial charge in [-0.3, -0.25) is 4.79 Å². The fourth-order valence-corrected chi connectivity index (χ4v) is 6.42. The predicted octanol–water partition coefficient (Wildman–Crippen LogP) is 6.10. The van der Waals surface area contributed by atoms with Crippen molar-refractivity contribution in [2.75, 3.05) is 11.1 Å². The summed E-state index contributed by atoms with van der Waals surface area (Å²) in [5.74, 6) is 2.02. The lowest BCUT2D eigenvalue weighted by atomic mass is 9.86. The fourth-order valence-electron chi connectivity index (χ4n) is 4.26. The van der Waals surface area contributed by atoms with Crippen LogP contribution in [-0.4, -0.2) is 26.4 Å². The van der Waals surface area contributed by atoms with Crippen molar-refractivity contribution in [3.05, 3.63) is 50.6 Å². The summed E-state index contributed by atoms with van der Waals surface area (Å²) < 4.78 is 7.85. The third-order valence-corrected chi connectivity index (χ3v) is 8.93. The number of halogens is 1. The third kappa shape index (κ3) is 5.66. The van der Waals surface area contributed by atoms with Crippen LogP contribution in [0.3, 0.4) is 0 Å². The standard InChI is InChI=1S/C25H28ClN5O2S2/c1-5-16-6-8-18-19(12-27)24(35-21(18)11-16)28-22(32)13-34-25-30-29-23(31(25)4)15(3)33-17-7-9-20(26)14(2)10-17/h7,9-10,15-16H,5-6,8,11,13H2,1-4H3,(H,28,32). The van der Waals surface area contributed by atoms with E-state index in [1.807, 2.05) is 37.6 Å². The number of rotatable bonds is 8. The number of benzene rings is 1. The second kappa shape index (κ2) is 11.0. The fraction of sp³-hybridized carbons (Fsp3) is 0.440. The molecule has 7 nitrogen and oxygen atoms in total. The van der Waals surface area contributed by atoms with Gasteiger partial charge in [0.05, 0.1) is 11.3 Å². The molecule has 0 bridgehead atoms. The first-order valence-electron chi connectivity index (χ1n) is 11.6. The van der Waals surface area contributed by atoms with Gasteiger partial charge >= 0.3 is 0 Å². The Balaban J connectivity index is 1.37. The molecule has 1 amide bonds. The molecule has 0 saturated carbocycles. The molecule has 1 aliphatic carbocycles. The highest BCUT2D eigenvalue weighted by Crippen LogP contribution is 2.40. The summed E-state index contributed by atoms with van der Waals surface area (Å²) in [5.41, 5.74) is 2.68. The highest BCUT2D eigenvalue weighted by Gasteiger charge is 2.26. The van der Waals surface area contributed by atoms with Crippen LogP contribution in [-0.2, 0) is 24.7 Å². The number of carbonyl (C=O) groups excluding carboxylic acids is 1. The van der Waals surface area contributed by atoms with Crippen molar-refractivity contribution in [2.24, 2.45) is 13.0 Å². The Morgan fingerprint density at radius 1 is 1.46 bits per heavy atom. The minimum atomic E-state index is -0.334. The maximum atomic E-state index is 12.7. The van der Waals surface area contributed by atoms with E-state index in [9.17, 15) is 10.1 Å². The summed E-state index contributed by atoms with van der Waals surface area (Å²) in [6, 6.07) is 7.82. The molecule has 2 unspecified atom stereocenters. The molecule has 184 valence electrons. The molecule has 2 aromatic heterocycles. The van der Waals surface area contributed by atoms with Crippen LogP contribution < -0.4 is 10.1 Å². The van der Waals surface area contributed by atoms with Gasteiger partial charge < -0.3 is 14.6 Å². The highest BCUT2D eigenvalue weighted by molar-refractivity contribution is 7.99. The van der Waals surface area contributed by atoms with Crippen LogP contribution in [0.25, 0.3) is 0 Å². The van der Waals surface area contributed by atoms with E-state index >= 15 is 0 Å². The first-order chi connectivity index (χ1) is 16.8. The van der Waals surface area contributed by atoms with Crippen molar-refractivity contribution in [2.45, 2.75) is 57.7 Å². The number of aromatic nitrogens is 3. The summed E-state index contributed by atoms with van der Waals surface area (Å²) in [6.45, 7) is 6.03. The zero-order valence-electron chi connectivity index (χ0n) is 20.2. The Morgan fingerprint density at radius 2 is 2.26 bits per heavy atom. The molecule has 10 heteroatoms. The van der Waals surface area contributed by atoms with Gasteiger partial charge in [-0.1, -0.05) is 36.7 Å². The van der Waals surface area contributed by atoms with Crippen LogP contribution in [0.2, 0.25) is 5.02 Å². The molecule has 4 rings (SSSR count). The summed E-state index contributed by atoms with van der Waals surface area (Å²) in [4.78, 5) is 14.0. The van der Waals surface area contributed by atoms with E-state index in [2.05, 4.69) is 28.5 Å². The maximum absolute atomic E-state index is 12.7. The lowest BCUT2D eigenvalue weighted by Gasteiger charge is -2.20. The molecule has 0 radical (unpaired) electrons. The van der Waals surface area contributed by atoms with Crippen LogP contribution >= 0.6 is 34.7 Å². The molecule has 1 aliphatic rings. The topological polar surface area (TPSA) is 92.8 Å². The number of fused-ring (bicyclic) bond motifs is 1. The number of anilines is 1. The first-order valence-corrected chi connectivity index (χ1v) is 13.8. The number of nitrogens with zero attached hydrogens (tertiary/aromatic N) is 4. The van der Waals surface area contributed by atoms with Crippen LogP contribution in [0.15, 0.2) is 23.4 Å². The number of amides is 1. The monoisotopic (exact) mass is 529 g/mol. The van der Waals surface area contributed by atoms with Gasteiger partial charge in [0.15, 0.2) is 17.1 Å². The summed E-state index contributed by atoms with van der Waals surface area (Å²) in [5, 5.41) is 23.1. The summed E-state index contributed by atoms with van der Waals surface area (Å²) >= 11 is 8.95. The predicted molar refractivity (Wildman–Crippen MR) is 140 cm³/mol. The maximum Gasteiger partial charge on any atom is 0.235 e. The number of aryl methyl sites for hydroxylation is 1. The highest BCUT2D eigenvalue weighted by atomic mass is 35.5. The second-order valence-corrected chi connectivity index (χ2v) is 11.2. The van der Waals surface area contributed by atoms with Crippen LogP contribution in [0.5, 0.6) is 5.75 Å². The van der Waals surface area contributed by atoms with Gasteiger partial charge in [-0.05, 0) is 68.4 Å². The van der Waals surface area contributed by atoms with Gasteiger partial charge in [-0.2, -0.15) is 5.26 Å². The molecule has 0 spiro atoms. The van der Waals surface area contributed by atoms with Crippen LogP contribution in [0.4, 0.5) is 5.00 Å². The number of ether oxygens (including phenoxy) is 1. The van der Waals surface area contributed by atoms with Gasteiger partial charge in [0, 0.05) is 16.9 Å². The zero-order valence-corrected chi connectivity index (χ0v) is 22.6. The average molecular weight is 530 g/mol. The van der Waals surface area contributed by atoms with E-state index in [0.717, 1.165) is 36.8 Å². The normalized spacial score (nSPS) is 15.8. The lowest BCUT2D eigenvalue weighted by Crippen LogP contribution is -2.15. The number of nitriles is 1. The molecule has 0 fully saturated rings. The smallest absolute Gasteiger partial charge is 0.235 e. The molecule has 2 heterocycles. The SMILES string of the molecule is CCC1CCc2c(sc(NC(=O)CSc3nnc(C(C)Oc4ccc(Cl)c(C)c4)n3C)c2C#N)C1. The van der Waals surface area contributed by atoms with Crippen molar-refractivity contribution >= 4 is 45.6 Å². The van der Waals surface area contributed by atoms with E-state index in [0.29, 0.717) is 38.2 Å². The Labute approximate surface area is 218 Å². The van der Waals surface area contributed by atoms with Gasteiger partial charge in [0.25, 0.3) is 0 Å².